The number of nitrogens with two attached hydrogens (primary N) is 1. The van der Waals surface area contributed by atoms with Gasteiger partial charge in [-0.1, -0.05) is 0 Å². The van der Waals surface area contributed by atoms with Gasteiger partial charge in [0.2, 0.25) is 0 Å². The summed E-state index contributed by atoms with van der Waals surface area (Å²) >= 11 is 0. The summed E-state index contributed by atoms with van der Waals surface area (Å²) in [5.41, 5.74) is 5.13. The highest BCUT2D eigenvalue weighted by molar-refractivity contribution is 5.60. The van der Waals surface area contributed by atoms with Gasteiger partial charge in [-0.15, -0.1) is 0 Å². The molecule has 1 saturated heterocycles. The van der Waals surface area contributed by atoms with Crippen LogP contribution in [0.15, 0.2) is 9.59 Å². The molecular formula is C12H20N4O3. The molecule has 106 valence electrons. The fourth-order valence-corrected chi connectivity index (χ4v) is 2.26. The zero-order valence-electron chi connectivity index (χ0n) is 11.1. The van der Waals surface area contributed by atoms with Gasteiger partial charge >= 0.3 is 5.69 Å². The van der Waals surface area contributed by atoms with Crippen molar-refractivity contribution < 1.29 is 4.74 Å². The first-order valence-corrected chi connectivity index (χ1v) is 6.61. The van der Waals surface area contributed by atoms with Crippen molar-refractivity contribution in [2.24, 2.45) is 0 Å². The number of hydrogen-bond donors (Lipinski definition) is 3. The topological polar surface area (TPSA) is 102 Å². The van der Waals surface area contributed by atoms with Crippen LogP contribution in [0.4, 0.5) is 11.5 Å². The molecule has 0 aliphatic carbocycles. The lowest BCUT2D eigenvalue weighted by atomic mass is 10.1. The van der Waals surface area contributed by atoms with Gasteiger partial charge in [0.25, 0.3) is 5.56 Å². The molecule has 0 aromatic carbocycles. The van der Waals surface area contributed by atoms with Crippen LogP contribution in [0.2, 0.25) is 0 Å². The number of anilines is 2. The predicted molar refractivity (Wildman–Crippen MR) is 73.5 cm³/mol. The van der Waals surface area contributed by atoms with E-state index in [2.05, 4.69) is 10.3 Å². The molecule has 1 atom stereocenters. The zero-order valence-corrected chi connectivity index (χ0v) is 11.1. The molecule has 1 aromatic heterocycles. The third-order valence-electron chi connectivity index (χ3n) is 3.34. The highest BCUT2D eigenvalue weighted by Gasteiger charge is 2.16. The molecule has 1 fully saturated rings. The lowest BCUT2D eigenvalue weighted by Gasteiger charge is -2.23. The third-order valence-corrected chi connectivity index (χ3v) is 3.34. The Hall–Kier alpha value is -1.76. The summed E-state index contributed by atoms with van der Waals surface area (Å²) in [6.45, 7) is 3.49. The Bertz CT molecular complexity index is 543. The van der Waals surface area contributed by atoms with Crippen LogP contribution < -0.4 is 22.3 Å². The molecule has 2 rings (SSSR count). The van der Waals surface area contributed by atoms with E-state index in [1.165, 1.54) is 4.57 Å². The van der Waals surface area contributed by atoms with E-state index >= 15 is 0 Å². The molecule has 0 bridgehead atoms. The molecule has 7 heteroatoms. The molecule has 1 unspecified atom stereocenters. The van der Waals surface area contributed by atoms with Gasteiger partial charge in [-0.25, -0.2) is 4.79 Å². The van der Waals surface area contributed by atoms with Gasteiger partial charge in [-0.05, 0) is 26.2 Å². The number of nitrogen functional groups attached to an aromatic ring is 1. The lowest BCUT2D eigenvalue weighted by Crippen LogP contribution is -2.35. The number of aromatic nitrogens is 2. The molecule has 1 aliphatic rings. The van der Waals surface area contributed by atoms with E-state index in [1.807, 2.05) is 0 Å². The second-order valence-electron chi connectivity index (χ2n) is 4.63. The summed E-state index contributed by atoms with van der Waals surface area (Å²) in [4.78, 5) is 25.5. The SMILES string of the molecule is CCn1c(N)c(NCC2CCCCO2)c(=O)[nH]c1=O. The summed E-state index contributed by atoms with van der Waals surface area (Å²) in [5, 5.41) is 3.00. The maximum atomic E-state index is 11.7. The van der Waals surface area contributed by atoms with E-state index in [9.17, 15) is 9.59 Å². The Morgan fingerprint density at radius 2 is 2.26 bits per heavy atom. The smallest absolute Gasteiger partial charge is 0.330 e. The second-order valence-corrected chi connectivity index (χ2v) is 4.63. The quantitative estimate of drug-likeness (QED) is 0.720. The number of ether oxygens (including phenoxy) is 1. The number of aromatic amines is 1. The van der Waals surface area contributed by atoms with Crippen molar-refractivity contribution in [1.82, 2.24) is 9.55 Å². The first-order valence-electron chi connectivity index (χ1n) is 6.61. The zero-order chi connectivity index (χ0) is 13.8. The average Bonchev–Trinajstić information content (AvgIpc) is 2.39. The van der Waals surface area contributed by atoms with Crippen LogP contribution in [0, 0.1) is 0 Å². The number of nitrogens with zero attached hydrogens (tertiary/aromatic N) is 1. The van der Waals surface area contributed by atoms with Gasteiger partial charge < -0.3 is 15.8 Å². The minimum atomic E-state index is -0.483. The van der Waals surface area contributed by atoms with Crippen molar-refractivity contribution in [3.8, 4) is 0 Å². The molecule has 0 radical (unpaired) electrons. The summed E-state index contributed by atoms with van der Waals surface area (Å²) in [6.07, 6.45) is 3.28. The Morgan fingerprint density at radius 1 is 1.47 bits per heavy atom. The van der Waals surface area contributed by atoms with Crippen LogP contribution >= 0.6 is 0 Å². The summed E-state index contributed by atoms with van der Waals surface area (Å²) in [7, 11) is 0. The van der Waals surface area contributed by atoms with Crippen molar-refractivity contribution in [3.63, 3.8) is 0 Å². The van der Waals surface area contributed by atoms with Crippen molar-refractivity contribution in [2.75, 3.05) is 24.2 Å². The maximum Gasteiger partial charge on any atom is 0.330 e. The van der Waals surface area contributed by atoms with Crippen LogP contribution in [-0.2, 0) is 11.3 Å². The van der Waals surface area contributed by atoms with Gasteiger partial charge in [0, 0.05) is 19.7 Å². The molecule has 0 amide bonds. The van der Waals surface area contributed by atoms with Crippen molar-refractivity contribution in [1.29, 1.82) is 0 Å². The molecular weight excluding hydrogens is 248 g/mol. The Kier molecular flexibility index (Phi) is 4.26. The molecule has 1 aromatic rings. The maximum absolute atomic E-state index is 11.7. The minimum absolute atomic E-state index is 0.0922. The number of H-pyrrole nitrogens is 1. The minimum Gasteiger partial charge on any atom is -0.383 e. The average molecular weight is 268 g/mol. The van der Waals surface area contributed by atoms with E-state index in [4.69, 9.17) is 10.5 Å². The number of rotatable bonds is 4. The second kappa shape index (κ2) is 5.92. The summed E-state index contributed by atoms with van der Waals surface area (Å²) in [5.74, 6) is 0.173. The summed E-state index contributed by atoms with van der Waals surface area (Å²) in [6, 6.07) is 0. The molecule has 7 nitrogen and oxygen atoms in total. The number of hydrogen-bond acceptors (Lipinski definition) is 5. The fourth-order valence-electron chi connectivity index (χ4n) is 2.26. The van der Waals surface area contributed by atoms with Crippen LogP contribution in [0.1, 0.15) is 26.2 Å². The monoisotopic (exact) mass is 268 g/mol. The van der Waals surface area contributed by atoms with Crippen LogP contribution in [-0.4, -0.2) is 28.8 Å². The molecule has 0 saturated carbocycles. The summed E-state index contributed by atoms with van der Waals surface area (Å²) < 4.78 is 6.90. The first kappa shape index (κ1) is 13.7. The van der Waals surface area contributed by atoms with E-state index in [1.54, 1.807) is 6.92 Å². The van der Waals surface area contributed by atoms with Gasteiger partial charge in [0.1, 0.15) is 11.5 Å². The van der Waals surface area contributed by atoms with Gasteiger partial charge in [0.15, 0.2) is 0 Å². The van der Waals surface area contributed by atoms with E-state index in [0.717, 1.165) is 25.9 Å². The van der Waals surface area contributed by atoms with Gasteiger partial charge in [0.05, 0.1) is 6.10 Å². The Morgan fingerprint density at radius 3 is 2.89 bits per heavy atom. The largest absolute Gasteiger partial charge is 0.383 e. The number of nitrogens with one attached hydrogen (secondary N) is 2. The molecule has 4 N–H and O–H groups in total. The van der Waals surface area contributed by atoms with Gasteiger partial charge in [-0.3, -0.25) is 14.3 Å². The highest BCUT2D eigenvalue weighted by Crippen LogP contribution is 2.15. The van der Waals surface area contributed by atoms with Gasteiger partial charge in [-0.2, -0.15) is 0 Å². The van der Waals surface area contributed by atoms with Crippen molar-refractivity contribution in [2.45, 2.75) is 38.8 Å². The molecule has 2 heterocycles. The fraction of sp³-hybridized carbons (Fsp3) is 0.667. The van der Waals surface area contributed by atoms with E-state index in [0.29, 0.717) is 13.1 Å². The van der Waals surface area contributed by atoms with Crippen LogP contribution in [0.5, 0.6) is 0 Å². The molecule has 19 heavy (non-hydrogen) atoms. The molecule has 1 aliphatic heterocycles. The van der Waals surface area contributed by atoms with Crippen LogP contribution in [0.25, 0.3) is 0 Å². The van der Waals surface area contributed by atoms with Crippen molar-refractivity contribution in [3.05, 3.63) is 20.8 Å². The van der Waals surface area contributed by atoms with E-state index < -0.39 is 11.2 Å². The third kappa shape index (κ3) is 2.98. The van der Waals surface area contributed by atoms with Crippen LogP contribution in [0.3, 0.4) is 0 Å². The standard InChI is InChI=1S/C12H20N4O3/c1-2-16-10(13)9(11(17)15-12(16)18)14-7-8-5-3-4-6-19-8/h8,14H,2-7,13H2,1H3,(H,15,17,18). The Balaban J connectivity index is 2.15. The first-order chi connectivity index (χ1) is 9.13. The Labute approximate surface area is 110 Å². The normalized spacial score (nSPS) is 19.3. The predicted octanol–water partition coefficient (Wildman–Crippen LogP) is 0.120. The highest BCUT2D eigenvalue weighted by atomic mass is 16.5. The lowest BCUT2D eigenvalue weighted by molar-refractivity contribution is 0.0247. The molecule has 0 spiro atoms. The van der Waals surface area contributed by atoms with E-state index in [-0.39, 0.29) is 17.6 Å². The van der Waals surface area contributed by atoms with Crippen molar-refractivity contribution >= 4 is 11.5 Å².